The van der Waals surface area contributed by atoms with E-state index in [1.54, 1.807) is 12.3 Å². The van der Waals surface area contributed by atoms with Crippen LogP contribution in [0, 0.1) is 5.82 Å². The fourth-order valence-electron chi connectivity index (χ4n) is 3.92. The minimum Gasteiger partial charge on any atom is -0.352 e. The van der Waals surface area contributed by atoms with Gasteiger partial charge in [-0.3, -0.25) is 9.00 Å². The predicted molar refractivity (Wildman–Crippen MR) is 129 cm³/mol. The number of hydrogen-bond acceptors (Lipinski definition) is 2. The summed E-state index contributed by atoms with van der Waals surface area (Å²) in [4.78, 5) is 13.5. The summed E-state index contributed by atoms with van der Waals surface area (Å²) in [6.07, 6.45) is 3.86. The van der Waals surface area contributed by atoms with E-state index in [1.165, 1.54) is 12.1 Å². The number of benzene rings is 3. The van der Waals surface area contributed by atoms with Crippen LogP contribution < -0.4 is 5.32 Å². The number of carbonyl (C=O) groups is 1. The minimum absolute atomic E-state index is 0.102. The Morgan fingerprint density at radius 1 is 1.00 bits per heavy atom. The number of halogens is 1. The molecule has 1 aliphatic carbocycles. The normalized spacial score (nSPS) is 15.0. The van der Waals surface area contributed by atoms with Crippen LogP contribution in [0.3, 0.4) is 0 Å². The van der Waals surface area contributed by atoms with Crippen molar-refractivity contribution in [1.29, 1.82) is 0 Å². The number of nitrogens with one attached hydrogen (secondary N) is 1. The monoisotopic (exact) mass is 445 g/mol. The summed E-state index contributed by atoms with van der Waals surface area (Å²) in [5.41, 5.74) is 6.43. The van der Waals surface area contributed by atoms with Gasteiger partial charge in [-0.05, 0) is 76.2 Å². The molecule has 1 aliphatic rings. The van der Waals surface area contributed by atoms with Crippen molar-refractivity contribution < 1.29 is 13.4 Å². The van der Waals surface area contributed by atoms with Gasteiger partial charge < -0.3 is 5.32 Å². The summed E-state index contributed by atoms with van der Waals surface area (Å²) in [7, 11) is -1.03. The highest BCUT2D eigenvalue weighted by atomic mass is 32.2. The molecule has 5 heteroatoms. The largest absolute Gasteiger partial charge is 0.352 e. The molecule has 32 heavy (non-hydrogen) atoms. The van der Waals surface area contributed by atoms with Crippen LogP contribution in [0.5, 0.6) is 0 Å². The van der Waals surface area contributed by atoms with Crippen LogP contribution in [-0.2, 0) is 22.1 Å². The van der Waals surface area contributed by atoms with E-state index in [-0.39, 0.29) is 18.1 Å². The number of amides is 1. The van der Waals surface area contributed by atoms with Gasteiger partial charge in [0.05, 0.1) is 6.42 Å². The molecule has 0 aromatic heterocycles. The molecule has 1 amide bonds. The second-order valence-electron chi connectivity index (χ2n) is 7.81. The lowest BCUT2D eigenvalue weighted by atomic mass is 10.0. The second kappa shape index (κ2) is 9.45. The lowest BCUT2D eigenvalue weighted by molar-refractivity contribution is -0.120. The summed E-state index contributed by atoms with van der Waals surface area (Å²) in [5.74, 6) is -0.427. The Bertz CT molecular complexity index is 1240. The third-order valence-corrected chi connectivity index (χ3v) is 6.58. The van der Waals surface area contributed by atoms with E-state index in [1.807, 2.05) is 67.6 Å². The maximum Gasteiger partial charge on any atom is 0.224 e. The van der Waals surface area contributed by atoms with Gasteiger partial charge in [0.25, 0.3) is 0 Å². The van der Waals surface area contributed by atoms with Crippen LogP contribution in [0.25, 0.3) is 17.2 Å². The molecule has 3 aromatic carbocycles. The zero-order valence-corrected chi connectivity index (χ0v) is 18.8. The molecule has 1 N–H and O–H groups in total. The van der Waals surface area contributed by atoms with E-state index in [9.17, 15) is 13.4 Å². The molecule has 0 bridgehead atoms. The van der Waals surface area contributed by atoms with E-state index in [2.05, 4.69) is 5.32 Å². The lowest BCUT2D eigenvalue weighted by Gasteiger charge is -2.08. The van der Waals surface area contributed by atoms with E-state index in [0.717, 1.165) is 43.9 Å². The molecule has 0 fully saturated rings. The van der Waals surface area contributed by atoms with E-state index in [4.69, 9.17) is 0 Å². The minimum atomic E-state index is -1.03. The Morgan fingerprint density at radius 3 is 2.41 bits per heavy atom. The molecule has 1 atom stereocenters. The topological polar surface area (TPSA) is 46.2 Å². The average molecular weight is 446 g/mol. The van der Waals surface area contributed by atoms with Gasteiger partial charge in [-0.15, -0.1) is 0 Å². The molecule has 0 radical (unpaired) electrons. The van der Waals surface area contributed by atoms with Crippen molar-refractivity contribution in [1.82, 2.24) is 5.32 Å². The molecule has 4 rings (SSSR count). The zero-order chi connectivity index (χ0) is 22.7. The van der Waals surface area contributed by atoms with Crippen LogP contribution in [-0.4, -0.2) is 16.4 Å². The predicted octanol–water partition coefficient (Wildman–Crippen LogP) is 5.60. The van der Waals surface area contributed by atoms with Gasteiger partial charge in [0, 0.05) is 28.5 Å². The molecule has 0 saturated carbocycles. The van der Waals surface area contributed by atoms with Crippen molar-refractivity contribution in [3.05, 3.63) is 106 Å². The second-order valence-corrected chi connectivity index (χ2v) is 9.19. The molecule has 0 spiro atoms. The van der Waals surface area contributed by atoms with Gasteiger partial charge in [-0.2, -0.15) is 0 Å². The van der Waals surface area contributed by atoms with Gasteiger partial charge in [0.15, 0.2) is 0 Å². The first-order valence-electron chi connectivity index (χ1n) is 10.4. The molecule has 1 unspecified atom stereocenters. The number of allylic oxidation sites excluding steroid dienone is 2. The molecular weight excluding hydrogens is 421 g/mol. The third-order valence-electron chi connectivity index (χ3n) is 5.65. The number of hydrogen-bond donors (Lipinski definition) is 1. The van der Waals surface area contributed by atoms with Crippen molar-refractivity contribution in [3.8, 4) is 0 Å². The number of carbonyl (C=O) groups excluding carboxylic acids is 1. The quantitative estimate of drug-likeness (QED) is 0.537. The highest BCUT2D eigenvalue weighted by Crippen LogP contribution is 2.43. The molecule has 3 nitrogen and oxygen atoms in total. The zero-order valence-electron chi connectivity index (χ0n) is 18.0. The standard InChI is InChI=1S/C27H24FNO2S/c1-18-24(14-19-8-11-22(12-9-19)32(2)31)23-13-10-21(28)15-26(23)25(18)16-27(30)29-17-20-6-4-3-5-7-20/h3-15H,16-17H2,1-2H3,(H,29,30)/b24-14-. The van der Waals surface area contributed by atoms with Gasteiger partial charge in [-0.1, -0.05) is 48.5 Å². The molecule has 0 saturated heterocycles. The molecular formula is C27H24FNO2S. The molecule has 0 aliphatic heterocycles. The summed E-state index contributed by atoms with van der Waals surface area (Å²) in [5, 5.41) is 2.96. The number of fused-ring (bicyclic) bond motifs is 1. The fraction of sp³-hybridized carbons (Fsp3) is 0.148. The summed E-state index contributed by atoms with van der Waals surface area (Å²) in [6, 6.07) is 22.0. The first kappa shape index (κ1) is 21.9. The summed E-state index contributed by atoms with van der Waals surface area (Å²) >= 11 is 0. The van der Waals surface area contributed by atoms with E-state index >= 15 is 0 Å². The van der Waals surface area contributed by atoms with Crippen LogP contribution in [0.15, 0.2) is 83.3 Å². The Labute approximate surface area is 190 Å². The Morgan fingerprint density at radius 2 is 1.72 bits per heavy atom. The smallest absolute Gasteiger partial charge is 0.224 e. The fourth-order valence-corrected chi connectivity index (χ4v) is 4.44. The highest BCUT2D eigenvalue weighted by Gasteiger charge is 2.25. The van der Waals surface area contributed by atoms with Crippen LogP contribution in [0.1, 0.15) is 35.6 Å². The Kier molecular flexibility index (Phi) is 6.47. The SMILES string of the molecule is CC1=C(CC(=O)NCc2ccccc2)c2cc(F)ccc2/C1=C\c1ccc(S(C)=O)cc1. The first-order valence-corrected chi connectivity index (χ1v) is 11.9. The third kappa shape index (κ3) is 4.78. The number of rotatable bonds is 6. The summed E-state index contributed by atoms with van der Waals surface area (Å²) < 4.78 is 25.7. The van der Waals surface area contributed by atoms with E-state index in [0.29, 0.717) is 6.54 Å². The average Bonchev–Trinajstić information content (AvgIpc) is 3.04. The summed E-state index contributed by atoms with van der Waals surface area (Å²) in [6.45, 7) is 2.43. The van der Waals surface area contributed by atoms with Gasteiger partial charge in [0.2, 0.25) is 5.91 Å². The highest BCUT2D eigenvalue weighted by molar-refractivity contribution is 7.84. The molecule has 0 heterocycles. The van der Waals surface area contributed by atoms with Gasteiger partial charge in [-0.25, -0.2) is 4.39 Å². The van der Waals surface area contributed by atoms with E-state index < -0.39 is 10.8 Å². The van der Waals surface area contributed by atoms with Crippen LogP contribution in [0.4, 0.5) is 4.39 Å². The van der Waals surface area contributed by atoms with Gasteiger partial charge in [0.1, 0.15) is 5.82 Å². The van der Waals surface area contributed by atoms with Gasteiger partial charge >= 0.3 is 0 Å². The lowest BCUT2D eigenvalue weighted by Crippen LogP contribution is -2.22. The maximum atomic E-state index is 14.1. The van der Waals surface area contributed by atoms with Crippen molar-refractivity contribution in [2.45, 2.75) is 24.8 Å². The first-order chi connectivity index (χ1) is 15.4. The van der Waals surface area contributed by atoms with Crippen molar-refractivity contribution in [2.75, 3.05) is 6.26 Å². The Hall–Kier alpha value is -3.31. The molecule has 3 aromatic rings. The maximum absolute atomic E-state index is 14.1. The van der Waals surface area contributed by atoms with Crippen molar-refractivity contribution in [2.24, 2.45) is 0 Å². The molecule has 162 valence electrons. The van der Waals surface area contributed by atoms with Crippen molar-refractivity contribution in [3.63, 3.8) is 0 Å². The van der Waals surface area contributed by atoms with Crippen LogP contribution >= 0.6 is 0 Å². The Balaban J connectivity index is 1.62. The van der Waals surface area contributed by atoms with Crippen molar-refractivity contribution >= 4 is 33.9 Å². The van der Waals surface area contributed by atoms with Crippen LogP contribution in [0.2, 0.25) is 0 Å².